The zero-order chi connectivity index (χ0) is 14.5. The lowest BCUT2D eigenvalue weighted by Gasteiger charge is -2.04. The van der Waals surface area contributed by atoms with Crippen LogP contribution in [0.25, 0.3) is 6.08 Å². The minimum Gasteiger partial charge on any atom is -0.507 e. The van der Waals surface area contributed by atoms with Crippen molar-refractivity contribution in [2.24, 2.45) is 0 Å². The van der Waals surface area contributed by atoms with E-state index < -0.39 is 0 Å². The van der Waals surface area contributed by atoms with Crippen molar-refractivity contribution in [3.05, 3.63) is 65.2 Å². The predicted octanol–water partition coefficient (Wildman–Crippen LogP) is 3.61. The van der Waals surface area contributed by atoms with Crippen LogP contribution in [-0.2, 0) is 0 Å². The maximum Gasteiger partial charge on any atom is 0.189 e. The second-order valence-electron chi connectivity index (χ2n) is 4.49. The molecule has 0 aromatic heterocycles. The van der Waals surface area contributed by atoms with Crippen LogP contribution >= 0.6 is 0 Å². The smallest absolute Gasteiger partial charge is 0.189 e. The van der Waals surface area contributed by atoms with Crippen LogP contribution in [0.5, 0.6) is 11.5 Å². The summed E-state index contributed by atoms with van der Waals surface area (Å²) in [4.78, 5) is 12.1. The number of carbonyl (C=O) groups excluding carboxylic acids is 1. The number of hydrogen-bond donors (Lipinski definition) is 1. The van der Waals surface area contributed by atoms with E-state index in [1.54, 1.807) is 12.1 Å². The molecule has 0 spiro atoms. The number of aromatic hydroxyl groups is 1. The van der Waals surface area contributed by atoms with Crippen LogP contribution in [0.1, 0.15) is 21.5 Å². The topological polar surface area (TPSA) is 46.5 Å². The van der Waals surface area contributed by atoms with Gasteiger partial charge in [0.15, 0.2) is 5.78 Å². The molecule has 2 aromatic carbocycles. The molecule has 0 saturated carbocycles. The normalized spacial score (nSPS) is 10.7. The van der Waals surface area contributed by atoms with Crippen molar-refractivity contribution < 1.29 is 14.6 Å². The third-order valence-corrected chi connectivity index (χ3v) is 2.97. The highest BCUT2D eigenvalue weighted by Crippen LogP contribution is 2.23. The van der Waals surface area contributed by atoms with Crippen molar-refractivity contribution >= 4 is 11.9 Å². The Bertz CT molecular complexity index is 640. The van der Waals surface area contributed by atoms with Gasteiger partial charge in [-0.05, 0) is 36.8 Å². The zero-order valence-electron chi connectivity index (χ0n) is 11.5. The Balaban J connectivity index is 2.21. The van der Waals surface area contributed by atoms with E-state index in [1.165, 1.54) is 30.9 Å². The highest BCUT2D eigenvalue weighted by molar-refractivity contribution is 6.08. The first-order valence-electron chi connectivity index (χ1n) is 6.26. The molecule has 0 bridgehead atoms. The summed E-state index contributed by atoms with van der Waals surface area (Å²) in [5.41, 5.74) is 2.33. The number of phenols is 1. The fourth-order valence-corrected chi connectivity index (χ4v) is 1.78. The minimum atomic E-state index is -0.262. The molecule has 3 heteroatoms. The Kier molecular flexibility index (Phi) is 4.20. The van der Waals surface area contributed by atoms with Crippen molar-refractivity contribution in [2.75, 3.05) is 7.11 Å². The predicted molar refractivity (Wildman–Crippen MR) is 79.2 cm³/mol. The van der Waals surface area contributed by atoms with Gasteiger partial charge in [0.25, 0.3) is 0 Å². The van der Waals surface area contributed by atoms with Gasteiger partial charge in [-0.3, -0.25) is 4.79 Å². The van der Waals surface area contributed by atoms with Crippen LogP contribution < -0.4 is 4.74 Å². The van der Waals surface area contributed by atoms with E-state index in [9.17, 15) is 9.90 Å². The summed E-state index contributed by atoms with van der Waals surface area (Å²) in [6, 6.07) is 12.4. The second-order valence-corrected chi connectivity index (χ2v) is 4.49. The van der Waals surface area contributed by atoms with E-state index in [0.29, 0.717) is 5.75 Å². The molecule has 0 fully saturated rings. The second kappa shape index (κ2) is 6.06. The molecule has 0 saturated heterocycles. The van der Waals surface area contributed by atoms with Gasteiger partial charge in [0.1, 0.15) is 11.5 Å². The molecule has 3 nitrogen and oxygen atoms in total. The number of ether oxygens (including phenoxy) is 1. The van der Waals surface area contributed by atoms with Gasteiger partial charge in [0.05, 0.1) is 12.7 Å². The Labute approximate surface area is 118 Å². The molecule has 2 aromatic rings. The van der Waals surface area contributed by atoms with Gasteiger partial charge < -0.3 is 9.84 Å². The van der Waals surface area contributed by atoms with Crippen LogP contribution in [0.3, 0.4) is 0 Å². The lowest BCUT2D eigenvalue weighted by molar-refractivity contribution is 0.104. The molecule has 0 aliphatic carbocycles. The largest absolute Gasteiger partial charge is 0.507 e. The number of carbonyl (C=O) groups is 1. The molecule has 0 radical (unpaired) electrons. The van der Waals surface area contributed by atoms with Gasteiger partial charge in [-0.2, -0.15) is 0 Å². The SMILES string of the molecule is COc1ccc(O)c(C(=O)C=Cc2ccc(C)cc2)c1. The van der Waals surface area contributed by atoms with E-state index >= 15 is 0 Å². The number of phenolic OH excluding ortho intramolecular Hbond substituents is 1. The first kappa shape index (κ1) is 13.9. The summed E-state index contributed by atoms with van der Waals surface area (Å²) >= 11 is 0. The Morgan fingerprint density at radius 3 is 2.50 bits per heavy atom. The third-order valence-electron chi connectivity index (χ3n) is 2.97. The number of ketones is 1. The maximum atomic E-state index is 12.1. The van der Waals surface area contributed by atoms with Gasteiger partial charge in [0, 0.05) is 0 Å². The summed E-state index contributed by atoms with van der Waals surface area (Å²) in [7, 11) is 1.52. The molecular formula is C17H16O3. The minimum absolute atomic E-state index is 0.0515. The number of benzene rings is 2. The highest BCUT2D eigenvalue weighted by atomic mass is 16.5. The van der Waals surface area contributed by atoms with Gasteiger partial charge in [-0.1, -0.05) is 35.9 Å². The Hall–Kier alpha value is -2.55. The number of hydrogen-bond acceptors (Lipinski definition) is 3. The van der Waals surface area contributed by atoms with Gasteiger partial charge in [-0.15, -0.1) is 0 Å². The van der Waals surface area contributed by atoms with Crippen molar-refractivity contribution in [1.82, 2.24) is 0 Å². The molecule has 0 aliphatic heterocycles. The maximum absolute atomic E-state index is 12.1. The van der Waals surface area contributed by atoms with Gasteiger partial charge >= 0.3 is 0 Å². The molecule has 0 aliphatic rings. The van der Waals surface area contributed by atoms with Crippen LogP contribution in [0.4, 0.5) is 0 Å². The average Bonchev–Trinajstić information content (AvgIpc) is 2.47. The number of rotatable bonds is 4. The number of allylic oxidation sites excluding steroid dienone is 1. The Morgan fingerprint density at radius 1 is 1.15 bits per heavy atom. The van der Waals surface area contributed by atoms with E-state index in [1.807, 2.05) is 31.2 Å². The molecule has 1 N–H and O–H groups in total. The van der Waals surface area contributed by atoms with Crippen LogP contribution in [-0.4, -0.2) is 18.0 Å². The third kappa shape index (κ3) is 3.26. The Morgan fingerprint density at radius 2 is 1.85 bits per heavy atom. The van der Waals surface area contributed by atoms with Gasteiger partial charge in [-0.25, -0.2) is 0 Å². The molecule has 20 heavy (non-hydrogen) atoms. The van der Waals surface area contributed by atoms with Crippen molar-refractivity contribution in [3.63, 3.8) is 0 Å². The van der Waals surface area contributed by atoms with Crippen molar-refractivity contribution in [3.8, 4) is 11.5 Å². The lowest BCUT2D eigenvalue weighted by Crippen LogP contribution is -1.96. The summed E-state index contributed by atoms with van der Waals surface area (Å²) in [5.74, 6) is 0.223. The van der Waals surface area contributed by atoms with Crippen molar-refractivity contribution in [1.29, 1.82) is 0 Å². The zero-order valence-corrected chi connectivity index (χ0v) is 11.5. The van der Waals surface area contributed by atoms with Crippen LogP contribution in [0, 0.1) is 6.92 Å². The summed E-state index contributed by atoms with van der Waals surface area (Å²) < 4.78 is 5.05. The summed E-state index contributed by atoms with van der Waals surface area (Å²) in [6.45, 7) is 2.01. The van der Waals surface area contributed by atoms with E-state index in [-0.39, 0.29) is 17.1 Å². The van der Waals surface area contributed by atoms with E-state index in [4.69, 9.17) is 4.74 Å². The molecule has 102 valence electrons. The molecule has 0 unspecified atom stereocenters. The summed E-state index contributed by atoms with van der Waals surface area (Å²) in [6.07, 6.45) is 3.17. The van der Waals surface area contributed by atoms with E-state index in [2.05, 4.69) is 0 Å². The monoisotopic (exact) mass is 268 g/mol. The average molecular weight is 268 g/mol. The fraction of sp³-hybridized carbons (Fsp3) is 0.118. The highest BCUT2D eigenvalue weighted by Gasteiger charge is 2.09. The molecule has 0 atom stereocenters. The molecule has 2 rings (SSSR count). The standard InChI is InChI=1S/C17H16O3/c1-12-3-5-13(6-4-12)7-9-16(18)15-11-14(20-2)8-10-17(15)19/h3-11,19H,1-2H3. The first-order valence-corrected chi connectivity index (χ1v) is 6.26. The van der Waals surface area contributed by atoms with Crippen LogP contribution in [0.2, 0.25) is 0 Å². The van der Waals surface area contributed by atoms with Crippen LogP contribution in [0.15, 0.2) is 48.5 Å². The molecule has 0 heterocycles. The lowest BCUT2D eigenvalue weighted by atomic mass is 10.1. The number of aryl methyl sites for hydroxylation is 1. The summed E-state index contributed by atoms with van der Waals surface area (Å²) in [5, 5.41) is 9.72. The van der Waals surface area contributed by atoms with Gasteiger partial charge in [0.2, 0.25) is 0 Å². The first-order chi connectivity index (χ1) is 9.60. The molecule has 0 amide bonds. The fourth-order valence-electron chi connectivity index (χ4n) is 1.78. The van der Waals surface area contributed by atoms with Crippen molar-refractivity contribution in [2.45, 2.75) is 6.92 Å². The quantitative estimate of drug-likeness (QED) is 0.680. The number of methoxy groups -OCH3 is 1. The molecular weight excluding hydrogens is 252 g/mol. The van der Waals surface area contributed by atoms with E-state index in [0.717, 1.165) is 5.56 Å².